The molecule has 0 bridgehead atoms. The average molecular weight is 215 g/mol. The second-order valence-corrected chi connectivity index (χ2v) is 2.97. The molecule has 1 aromatic rings. The van der Waals surface area contributed by atoms with Gasteiger partial charge in [-0.05, 0) is 18.6 Å². The maximum absolute atomic E-state index is 10.7. The zero-order chi connectivity index (χ0) is 12.4. The van der Waals surface area contributed by atoms with Crippen molar-refractivity contribution in [3.05, 3.63) is 66.9 Å². The van der Waals surface area contributed by atoms with Gasteiger partial charge in [-0.1, -0.05) is 43.0 Å². The predicted octanol–water partition coefficient (Wildman–Crippen LogP) is 2.93. The van der Waals surface area contributed by atoms with Crippen molar-refractivity contribution in [2.75, 3.05) is 0 Å². The number of nitrogens with two attached hydrogens (primary N) is 1. The van der Waals surface area contributed by atoms with E-state index in [1.807, 2.05) is 37.3 Å². The fraction of sp³-hybridized carbons (Fsp3) is 0.0714. The summed E-state index contributed by atoms with van der Waals surface area (Å²) >= 11 is 0. The molecule has 2 N–H and O–H groups in total. The van der Waals surface area contributed by atoms with Gasteiger partial charge in [0, 0.05) is 11.3 Å². The summed E-state index contributed by atoms with van der Waals surface area (Å²) in [5.74, 6) is 0. The van der Waals surface area contributed by atoms with E-state index in [0.717, 1.165) is 11.8 Å². The third-order valence-electron chi connectivity index (χ3n) is 1.73. The van der Waals surface area contributed by atoms with Gasteiger partial charge in [0.25, 0.3) is 0 Å². The van der Waals surface area contributed by atoms with Crippen LogP contribution in [0.5, 0.6) is 0 Å². The Balaban J connectivity index is 0.000000673. The standard InChI is InChI=1S/C11H11NO.C3H6/c1-2-11(12)10(8-13)9-6-4-3-5-7-9;1-3-2/h2-8H,1,12H2;3H,1H2,2H3/b11-10-;. The molecule has 84 valence electrons. The van der Waals surface area contributed by atoms with E-state index in [1.165, 1.54) is 6.08 Å². The number of benzene rings is 1. The van der Waals surface area contributed by atoms with Gasteiger partial charge in [0.05, 0.1) is 0 Å². The Hall–Kier alpha value is -2.09. The van der Waals surface area contributed by atoms with Crippen LogP contribution in [0.15, 0.2) is 61.3 Å². The molecule has 0 aromatic heterocycles. The molecule has 2 heteroatoms. The van der Waals surface area contributed by atoms with Gasteiger partial charge in [-0.15, -0.1) is 6.58 Å². The molecule has 0 aliphatic rings. The summed E-state index contributed by atoms with van der Waals surface area (Å²) in [6, 6.07) is 9.26. The zero-order valence-electron chi connectivity index (χ0n) is 9.52. The third kappa shape index (κ3) is 4.42. The summed E-state index contributed by atoms with van der Waals surface area (Å²) < 4.78 is 0. The molecule has 1 rings (SSSR count). The van der Waals surface area contributed by atoms with Crippen molar-refractivity contribution in [1.82, 2.24) is 0 Å². The topological polar surface area (TPSA) is 43.1 Å². The Morgan fingerprint density at radius 3 is 2.12 bits per heavy atom. The van der Waals surface area contributed by atoms with Gasteiger partial charge in [-0.3, -0.25) is 4.79 Å². The number of hydrogen-bond donors (Lipinski definition) is 1. The van der Waals surface area contributed by atoms with Crippen molar-refractivity contribution < 1.29 is 4.79 Å². The van der Waals surface area contributed by atoms with Gasteiger partial charge in [-0.2, -0.15) is 0 Å². The normalized spacial score (nSPS) is 10.3. The molecule has 0 spiro atoms. The highest BCUT2D eigenvalue weighted by atomic mass is 16.1. The van der Waals surface area contributed by atoms with Crippen LogP contribution in [-0.4, -0.2) is 6.29 Å². The fourth-order valence-corrected chi connectivity index (χ4v) is 1.03. The number of carbonyl (C=O) groups is 1. The number of carbonyl (C=O) groups excluding carboxylic acids is 1. The highest BCUT2D eigenvalue weighted by Gasteiger charge is 2.01. The molecule has 0 atom stereocenters. The number of aldehydes is 1. The SMILES string of the molecule is C=C/C(N)=C(\C=O)c1ccccc1.C=CC. The van der Waals surface area contributed by atoms with Crippen LogP contribution in [0, 0.1) is 0 Å². The molecular weight excluding hydrogens is 198 g/mol. The summed E-state index contributed by atoms with van der Waals surface area (Å²) in [6.45, 7) is 8.76. The predicted molar refractivity (Wildman–Crippen MR) is 69.7 cm³/mol. The number of allylic oxidation sites excluding steroid dienone is 3. The van der Waals surface area contributed by atoms with Crippen molar-refractivity contribution in [1.29, 1.82) is 0 Å². The maximum atomic E-state index is 10.7. The summed E-state index contributed by atoms with van der Waals surface area (Å²) in [5, 5.41) is 0. The first-order valence-corrected chi connectivity index (χ1v) is 4.91. The third-order valence-corrected chi connectivity index (χ3v) is 1.73. The van der Waals surface area contributed by atoms with E-state index in [0.29, 0.717) is 11.3 Å². The van der Waals surface area contributed by atoms with E-state index in [-0.39, 0.29) is 0 Å². The monoisotopic (exact) mass is 215 g/mol. The molecule has 2 nitrogen and oxygen atoms in total. The Bertz CT molecular complexity index is 377. The van der Waals surface area contributed by atoms with Crippen molar-refractivity contribution in [3.8, 4) is 0 Å². The molecule has 0 aliphatic heterocycles. The second kappa shape index (κ2) is 8.24. The Morgan fingerprint density at radius 2 is 1.75 bits per heavy atom. The second-order valence-electron chi connectivity index (χ2n) is 2.97. The van der Waals surface area contributed by atoms with Crippen molar-refractivity contribution in [2.24, 2.45) is 5.73 Å². The van der Waals surface area contributed by atoms with Crippen LogP contribution < -0.4 is 5.73 Å². The Kier molecular flexibility index (Phi) is 7.16. The largest absolute Gasteiger partial charge is 0.398 e. The van der Waals surface area contributed by atoms with Crippen molar-refractivity contribution in [3.63, 3.8) is 0 Å². The molecule has 0 radical (unpaired) electrons. The lowest BCUT2D eigenvalue weighted by Gasteiger charge is -2.01. The van der Waals surface area contributed by atoms with Gasteiger partial charge in [0.2, 0.25) is 0 Å². The van der Waals surface area contributed by atoms with E-state index < -0.39 is 0 Å². The lowest BCUT2D eigenvalue weighted by atomic mass is 10.1. The molecule has 0 amide bonds. The first-order valence-electron chi connectivity index (χ1n) is 4.91. The van der Waals surface area contributed by atoms with E-state index >= 15 is 0 Å². The van der Waals surface area contributed by atoms with Gasteiger partial charge in [-0.25, -0.2) is 0 Å². The van der Waals surface area contributed by atoms with Crippen LogP contribution in [0.2, 0.25) is 0 Å². The van der Waals surface area contributed by atoms with Crippen LogP contribution in [0.3, 0.4) is 0 Å². The van der Waals surface area contributed by atoms with Gasteiger partial charge >= 0.3 is 0 Å². The van der Waals surface area contributed by atoms with Crippen LogP contribution in [0.25, 0.3) is 5.57 Å². The summed E-state index contributed by atoms with van der Waals surface area (Å²) in [6.07, 6.45) is 3.96. The highest BCUT2D eigenvalue weighted by molar-refractivity contribution is 6.08. The molecule has 0 fully saturated rings. The smallest absolute Gasteiger partial charge is 0.152 e. The minimum atomic E-state index is 0.404. The first kappa shape index (κ1) is 13.9. The lowest BCUT2D eigenvalue weighted by molar-refractivity contribution is -0.103. The molecule has 1 aromatic carbocycles. The first-order chi connectivity index (χ1) is 7.71. The highest BCUT2D eigenvalue weighted by Crippen LogP contribution is 2.13. The average Bonchev–Trinajstić information content (AvgIpc) is 2.32. The number of hydrogen-bond acceptors (Lipinski definition) is 2. The fourth-order valence-electron chi connectivity index (χ4n) is 1.03. The summed E-state index contributed by atoms with van der Waals surface area (Å²) in [5.41, 5.74) is 7.29. The molecular formula is C14H17NO. The van der Waals surface area contributed by atoms with Gasteiger partial charge < -0.3 is 5.73 Å². The number of rotatable bonds is 3. The van der Waals surface area contributed by atoms with Gasteiger partial charge in [0.15, 0.2) is 6.29 Å². The van der Waals surface area contributed by atoms with Crippen molar-refractivity contribution >= 4 is 11.9 Å². The molecule has 16 heavy (non-hydrogen) atoms. The van der Waals surface area contributed by atoms with E-state index in [4.69, 9.17) is 5.73 Å². The quantitative estimate of drug-likeness (QED) is 0.364. The van der Waals surface area contributed by atoms with Crippen LogP contribution in [0.1, 0.15) is 12.5 Å². The molecule has 0 heterocycles. The minimum absolute atomic E-state index is 0.404. The zero-order valence-corrected chi connectivity index (χ0v) is 9.52. The van der Waals surface area contributed by atoms with E-state index in [1.54, 1.807) is 6.08 Å². The summed E-state index contributed by atoms with van der Waals surface area (Å²) in [4.78, 5) is 10.7. The minimum Gasteiger partial charge on any atom is -0.398 e. The van der Waals surface area contributed by atoms with Crippen LogP contribution in [0.4, 0.5) is 0 Å². The molecule has 0 saturated heterocycles. The van der Waals surface area contributed by atoms with E-state index in [9.17, 15) is 4.79 Å². The Labute approximate surface area is 96.8 Å². The van der Waals surface area contributed by atoms with Gasteiger partial charge in [0.1, 0.15) is 0 Å². The molecule has 0 aliphatic carbocycles. The van der Waals surface area contributed by atoms with Crippen LogP contribution >= 0.6 is 0 Å². The van der Waals surface area contributed by atoms with Crippen LogP contribution in [-0.2, 0) is 4.79 Å². The Morgan fingerprint density at radius 1 is 1.25 bits per heavy atom. The molecule has 0 saturated carbocycles. The lowest BCUT2D eigenvalue weighted by Crippen LogP contribution is -1.99. The summed E-state index contributed by atoms with van der Waals surface area (Å²) in [7, 11) is 0. The maximum Gasteiger partial charge on any atom is 0.152 e. The van der Waals surface area contributed by atoms with Crippen molar-refractivity contribution in [2.45, 2.75) is 6.92 Å². The molecule has 0 unspecified atom stereocenters. The van der Waals surface area contributed by atoms with E-state index in [2.05, 4.69) is 13.2 Å².